The summed E-state index contributed by atoms with van der Waals surface area (Å²) in [5.41, 5.74) is 15.5. The van der Waals surface area contributed by atoms with Crippen LogP contribution in [0.5, 0.6) is 0 Å². The number of nitrogens with one attached hydrogen (secondary N) is 1. The summed E-state index contributed by atoms with van der Waals surface area (Å²) in [4.78, 5) is 21.4. The molecule has 35 heavy (non-hydrogen) atoms. The van der Waals surface area contributed by atoms with E-state index >= 15 is 0 Å². The minimum absolute atomic E-state index is 0.238. The average Bonchev–Trinajstić information content (AvgIpc) is 3.39. The molecule has 1 fully saturated rings. The van der Waals surface area contributed by atoms with Crippen LogP contribution in [0, 0.1) is 0 Å². The van der Waals surface area contributed by atoms with E-state index in [2.05, 4.69) is 21.0 Å². The smallest absolute Gasteiger partial charge is 0.407 e. The van der Waals surface area contributed by atoms with Gasteiger partial charge in [0.05, 0.1) is 45.6 Å². The highest BCUT2D eigenvalue weighted by molar-refractivity contribution is 5.67. The van der Waals surface area contributed by atoms with E-state index in [1.807, 2.05) is 0 Å². The first-order valence-electron chi connectivity index (χ1n) is 11.4. The van der Waals surface area contributed by atoms with E-state index in [-0.39, 0.29) is 13.2 Å². The van der Waals surface area contributed by atoms with Crippen LogP contribution in [0.25, 0.3) is 5.70 Å². The molecule has 0 spiro atoms. The summed E-state index contributed by atoms with van der Waals surface area (Å²) in [5, 5.41) is 3.20. The standard InChI is InChI=1S/C22H34N6O7/c1-30-13-16-18(31-2)19(35-22(29)26-8-10-33-12-11-32-9-6-23)21(34-16)28-14-27-17-15(24)5-3-4-7-25-20(17)28/h3,7,14,16,18-19,21H,5-6,8-13,23-24H2,1-2H3,(H,26,29)/b17-15+,25-20+. The Morgan fingerprint density at radius 3 is 2.80 bits per heavy atom. The van der Waals surface area contributed by atoms with Gasteiger partial charge in [0.1, 0.15) is 17.6 Å². The third-order valence-electron chi connectivity index (χ3n) is 5.33. The zero-order chi connectivity index (χ0) is 25.0. The van der Waals surface area contributed by atoms with Crippen molar-refractivity contribution in [2.45, 2.75) is 31.0 Å². The largest absolute Gasteiger partial charge is 0.438 e. The fourth-order valence-corrected chi connectivity index (χ4v) is 3.75. The van der Waals surface area contributed by atoms with Gasteiger partial charge in [-0.15, -0.1) is 5.73 Å². The molecule has 0 bridgehead atoms. The molecule has 0 aliphatic carbocycles. The Kier molecular flexibility index (Phi) is 10.7. The lowest BCUT2D eigenvalue weighted by Crippen LogP contribution is -2.44. The second-order valence-electron chi connectivity index (χ2n) is 7.71. The Bertz CT molecular complexity index is 1010. The van der Waals surface area contributed by atoms with Gasteiger partial charge in [0.2, 0.25) is 0 Å². The molecule has 2 aliphatic rings. The van der Waals surface area contributed by atoms with Crippen molar-refractivity contribution in [1.82, 2.24) is 14.9 Å². The van der Waals surface area contributed by atoms with Gasteiger partial charge in [-0.25, -0.2) is 14.8 Å². The highest BCUT2D eigenvalue weighted by Crippen LogP contribution is 2.32. The number of methoxy groups -OCH3 is 2. The van der Waals surface area contributed by atoms with Crippen molar-refractivity contribution >= 4 is 11.8 Å². The van der Waals surface area contributed by atoms with E-state index < -0.39 is 30.6 Å². The van der Waals surface area contributed by atoms with Crippen LogP contribution in [0.15, 0.2) is 29.3 Å². The van der Waals surface area contributed by atoms with Crippen LogP contribution < -0.4 is 27.6 Å². The molecule has 1 saturated heterocycles. The van der Waals surface area contributed by atoms with Gasteiger partial charge in [-0.2, -0.15) is 0 Å². The molecule has 2 aliphatic heterocycles. The number of imidazole rings is 1. The average molecular weight is 495 g/mol. The molecule has 1 amide bonds. The van der Waals surface area contributed by atoms with E-state index in [1.54, 1.807) is 24.1 Å². The zero-order valence-corrected chi connectivity index (χ0v) is 20.1. The first kappa shape index (κ1) is 26.8. The second-order valence-corrected chi connectivity index (χ2v) is 7.71. The number of alkyl carbamates (subject to hydrolysis) is 1. The summed E-state index contributed by atoms with van der Waals surface area (Å²) in [6.07, 6.45) is 2.04. The Hall–Kier alpha value is -2.77. The van der Waals surface area contributed by atoms with Gasteiger partial charge in [-0.3, -0.25) is 4.57 Å². The van der Waals surface area contributed by atoms with E-state index in [9.17, 15) is 4.79 Å². The predicted molar refractivity (Wildman–Crippen MR) is 123 cm³/mol. The highest BCUT2D eigenvalue weighted by Gasteiger charge is 2.49. The number of hydrogen-bond acceptors (Lipinski definition) is 11. The lowest BCUT2D eigenvalue weighted by atomic mass is 10.1. The first-order valence-corrected chi connectivity index (χ1v) is 11.4. The Labute approximate surface area is 203 Å². The van der Waals surface area contributed by atoms with Crippen LogP contribution in [0.2, 0.25) is 0 Å². The molecule has 13 nitrogen and oxygen atoms in total. The number of carbonyl (C=O) groups excluding carboxylic acids is 1. The normalized spacial score (nSPS) is 26.0. The molecule has 1 aromatic heterocycles. The van der Waals surface area contributed by atoms with Crippen LogP contribution >= 0.6 is 0 Å². The molecule has 5 N–H and O–H groups in total. The number of aromatic nitrogens is 2. The third kappa shape index (κ3) is 7.12. The summed E-state index contributed by atoms with van der Waals surface area (Å²) in [6.45, 7) is 2.57. The van der Waals surface area contributed by atoms with Crippen molar-refractivity contribution in [3.05, 3.63) is 35.2 Å². The van der Waals surface area contributed by atoms with Gasteiger partial charge in [-0.1, -0.05) is 0 Å². The minimum Gasteiger partial charge on any atom is -0.438 e. The third-order valence-corrected chi connectivity index (χ3v) is 5.33. The number of carbonyl (C=O) groups is 1. The monoisotopic (exact) mass is 494 g/mol. The molecular weight excluding hydrogens is 460 g/mol. The summed E-state index contributed by atoms with van der Waals surface area (Å²) < 4.78 is 35.2. The number of rotatable bonds is 13. The summed E-state index contributed by atoms with van der Waals surface area (Å²) in [5.74, 6) is 0. The fraction of sp³-hybridized carbons (Fsp3) is 0.636. The van der Waals surface area contributed by atoms with Crippen LogP contribution in [-0.4, -0.2) is 94.3 Å². The highest BCUT2D eigenvalue weighted by atomic mass is 16.6. The predicted octanol–water partition coefficient (Wildman–Crippen LogP) is -1.71. The molecule has 4 atom stereocenters. The van der Waals surface area contributed by atoms with Gasteiger partial charge < -0.3 is 45.2 Å². The topological polar surface area (TPSA) is 167 Å². The quantitative estimate of drug-likeness (QED) is 0.212. The molecular formula is C22H34N6O7. The summed E-state index contributed by atoms with van der Waals surface area (Å²) in [6, 6.07) is 0. The number of nitrogens with two attached hydrogens (primary N) is 2. The minimum atomic E-state index is -0.814. The van der Waals surface area contributed by atoms with Crippen molar-refractivity contribution in [2.75, 3.05) is 60.3 Å². The van der Waals surface area contributed by atoms with Crippen molar-refractivity contribution in [3.63, 3.8) is 0 Å². The molecule has 13 heteroatoms. The van der Waals surface area contributed by atoms with Gasteiger partial charge in [0.15, 0.2) is 17.8 Å². The summed E-state index contributed by atoms with van der Waals surface area (Å²) >= 11 is 0. The Morgan fingerprint density at radius 1 is 1.26 bits per heavy atom. The SMILES string of the molecule is COCC1OC(n2cnc3/c2=N\C=C=CC/C=3N)C(OC(=O)NCCOCCOCCN)C1OC. The number of ether oxygens (including phenoxy) is 6. The molecule has 3 heterocycles. The van der Waals surface area contributed by atoms with Crippen molar-refractivity contribution in [2.24, 2.45) is 16.5 Å². The molecule has 0 saturated carbocycles. The Balaban J connectivity index is 1.71. The molecule has 0 aromatic carbocycles. The lowest BCUT2D eigenvalue weighted by Gasteiger charge is -2.23. The van der Waals surface area contributed by atoms with Gasteiger partial charge >= 0.3 is 6.09 Å². The van der Waals surface area contributed by atoms with Crippen molar-refractivity contribution in [3.8, 4) is 0 Å². The molecule has 0 radical (unpaired) electrons. The van der Waals surface area contributed by atoms with Crippen LogP contribution in [0.4, 0.5) is 4.79 Å². The van der Waals surface area contributed by atoms with E-state index in [0.717, 1.165) is 0 Å². The van der Waals surface area contributed by atoms with Crippen molar-refractivity contribution < 1.29 is 33.2 Å². The maximum atomic E-state index is 12.6. The molecule has 194 valence electrons. The van der Waals surface area contributed by atoms with Crippen LogP contribution in [-0.2, 0) is 28.4 Å². The van der Waals surface area contributed by atoms with Crippen LogP contribution in [0.1, 0.15) is 12.6 Å². The fourth-order valence-electron chi connectivity index (χ4n) is 3.75. The zero-order valence-electron chi connectivity index (χ0n) is 20.1. The Morgan fingerprint density at radius 2 is 2.06 bits per heavy atom. The number of fused-ring (bicyclic) bond motifs is 1. The van der Waals surface area contributed by atoms with E-state index in [1.165, 1.54) is 13.3 Å². The summed E-state index contributed by atoms with van der Waals surface area (Å²) in [7, 11) is 3.08. The van der Waals surface area contributed by atoms with Crippen LogP contribution in [0.3, 0.4) is 0 Å². The number of amides is 1. The van der Waals surface area contributed by atoms with Crippen molar-refractivity contribution in [1.29, 1.82) is 0 Å². The molecule has 4 unspecified atom stereocenters. The molecule has 3 rings (SSSR count). The van der Waals surface area contributed by atoms with Gasteiger partial charge in [0, 0.05) is 39.4 Å². The van der Waals surface area contributed by atoms with E-state index in [4.69, 9.17) is 39.9 Å². The maximum absolute atomic E-state index is 12.6. The van der Waals surface area contributed by atoms with Gasteiger partial charge in [-0.05, 0) is 6.08 Å². The maximum Gasteiger partial charge on any atom is 0.407 e. The second kappa shape index (κ2) is 14.0. The lowest BCUT2D eigenvalue weighted by molar-refractivity contribution is -0.0643. The number of nitrogens with zero attached hydrogens (tertiary/aromatic N) is 3. The molecule has 1 aromatic rings. The number of hydrogen-bond donors (Lipinski definition) is 3. The van der Waals surface area contributed by atoms with Gasteiger partial charge in [0.25, 0.3) is 0 Å². The van der Waals surface area contributed by atoms with E-state index in [0.29, 0.717) is 55.9 Å². The first-order chi connectivity index (χ1) is 17.1.